The van der Waals surface area contributed by atoms with Crippen LogP contribution in [0.5, 0.6) is 5.75 Å². The summed E-state index contributed by atoms with van der Waals surface area (Å²) in [6.45, 7) is 0. The molecule has 0 heterocycles. The van der Waals surface area contributed by atoms with Crippen molar-refractivity contribution in [3.63, 3.8) is 0 Å². The number of carbonyl (C=O) groups excluding carboxylic acids is 3. The predicted octanol–water partition coefficient (Wildman–Crippen LogP) is 5.64. The lowest BCUT2D eigenvalue weighted by Gasteiger charge is -2.18. The Morgan fingerprint density at radius 2 is 1.47 bits per heavy atom. The van der Waals surface area contributed by atoms with Gasteiger partial charge in [-0.25, -0.2) is 4.79 Å². The Morgan fingerprint density at radius 3 is 2.16 bits per heavy atom. The van der Waals surface area contributed by atoms with Gasteiger partial charge in [0.05, 0.1) is 17.6 Å². The third kappa shape index (κ3) is 6.08. The second kappa shape index (κ2) is 11.6. The van der Waals surface area contributed by atoms with Crippen LogP contribution in [0.15, 0.2) is 103 Å². The van der Waals surface area contributed by atoms with Crippen molar-refractivity contribution in [1.82, 2.24) is 0 Å². The summed E-state index contributed by atoms with van der Waals surface area (Å²) in [5.74, 6) is -1.19. The summed E-state index contributed by atoms with van der Waals surface area (Å²) in [5, 5.41) is 13.6. The number of rotatable bonds is 9. The summed E-state index contributed by atoms with van der Waals surface area (Å²) in [4.78, 5) is 49.5. The molecule has 0 aliphatic heterocycles. The van der Waals surface area contributed by atoms with Gasteiger partial charge in [-0.15, -0.1) is 0 Å². The normalized spacial score (nSPS) is 11.2. The minimum atomic E-state index is -1.21. The molecular weight excluding hydrogens is 488 g/mol. The number of esters is 1. The van der Waals surface area contributed by atoms with Crippen molar-refractivity contribution in [3.8, 4) is 5.75 Å². The molecule has 0 radical (unpaired) electrons. The number of carbonyl (C=O) groups is 3. The number of nitro groups is 1. The van der Waals surface area contributed by atoms with Gasteiger partial charge >= 0.3 is 5.97 Å². The van der Waals surface area contributed by atoms with E-state index in [0.29, 0.717) is 16.9 Å². The number of ether oxygens (including phenoxy) is 2. The van der Waals surface area contributed by atoms with Gasteiger partial charge in [0, 0.05) is 34.5 Å². The maximum Gasteiger partial charge on any atom is 0.339 e. The molecule has 0 aliphatic carbocycles. The number of non-ortho nitro benzene ring substituents is 1. The molecular formula is C29H22N2O7. The van der Waals surface area contributed by atoms with Gasteiger partial charge in [-0.3, -0.25) is 19.7 Å². The zero-order valence-electron chi connectivity index (χ0n) is 20.2. The van der Waals surface area contributed by atoms with Gasteiger partial charge in [0.1, 0.15) is 5.75 Å². The maximum absolute atomic E-state index is 13.3. The Bertz CT molecular complexity index is 1480. The van der Waals surface area contributed by atoms with E-state index in [1.54, 1.807) is 66.7 Å². The zero-order chi connectivity index (χ0) is 27.1. The van der Waals surface area contributed by atoms with Crippen LogP contribution in [0.25, 0.3) is 0 Å². The van der Waals surface area contributed by atoms with Gasteiger partial charge in [0.2, 0.25) is 5.78 Å². The van der Waals surface area contributed by atoms with Crippen LogP contribution < -0.4 is 10.1 Å². The van der Waals surface area contributed by atoms with Crippen molar-refractivity contribution in [3.05, 3.63) is 135 Å². The molecule has 190 valence electrons. The SMILES string of the molecule is COc1ccc(C(=O)C(OC(=O)c2cccc(NC(=O)c3cccc([N+](=O)[O-])c3)c2)c2ccccc2)cc1. The molecule has 4 rings (SSSR count). The van der Waals surface area contributed by atoms with Crippen LogP contribution in [0.4, 0.5) is 11.4 Å². The van der Waals surface area contributed by atoms with Crippen LogP contribution >= 0.6 is 0 Å². The molecule has 4 aromatic rings. The Morgan fingerprint density at radius 1 is 0.789 bits per heavy atom. The fourth-order valence-corrected chi connectivity index (χ4v) is 3.67. The van der Waals surface area contributed by atoms with Crippen molar-refractivity contribution < 1.29 is 28.8 Å². The molecule has 4 aromatic carbocycles. The molecule has 0 spiro atoms. The first-order chi connectivity index (χ1) is 18.4. The van der Waals surface area contributed by atoms with Crippen LogP contribution in [0.2, 0.25) is 0 Å². The molecule has 9 nitrogen and oxygen atoms in total. The minimum absolute atomic E-state index is 0.0846. The molecule has 1 unspecified atom stereocenters. The fourth-order valence-electron chi connectivity index (χ4n) is 3.67. The number of hydrogen-bond acceptors (Lipinski definition) is 7. The lowest BCUT2D eigenvalue weighted by Crippen LogP contribution is -2.20. The summed E-state index contributed by atoms with van der Waals surface area (Å²) in [5.41, 5.74) is 1.08. The zero-order valence-corrected chi connectivity index (χ0v) is 20.2. The summed E-state index contributed by atoms with van der Waals surface area (Å²) < 4.78 is 10.8. The first kappa shape index (κ1) is 25.8. The average Bonchev–Trinajstić information content (AvgIpc) is 2.96. The highest BCUT2D eigenvalue weighted by Crippen LogP contribution is 2.26. The molecule has 0 aliphatic rings. The number of nitro benzene ring substituents is 1. The summed E-state index contributed by atoms with van der Waals surface area (Å²) >= 11 is 0. The second-order valence-corrected chi connectivity index (χ2v) is 8.13. The molecule has 38 heavy (non-hydrogen) atoms. The third-order valence-electron chi connectivity index (χ3n) is 5.62. The van der Waals surface area contributed by atoms with Gasteiger partial charge in [-0.2, -0.15) is 0 Å². The summed E-state index contributed by atoms with van der Waals surface area (Å²) in [6, 6.07) is 26.4. The number of nitrogens with one attached hydrogen (secondary N) is 1. The minimum Gasteiger partial charge on any atom is -0.497 e. The quantitative estimate of drug-likeness (QED) is 0.134. The largest absolute Gasteiger partial charge is 0.497 e. The molecule has 0 fully saturated rings. The Kier molecular flexibility index (Phi) is 7.88. The van der Waals surface area contributed by atoms with Crippen LogP contribution in [0.3, 0.4) is 0 Å². The average molecular weight is 511 g/mol. The van der Waals surface area contributed by atoms with E-state index in [1.807, 2.05) is 0 Å². The maximum atomic E-state index is 13.3. The van der Waals surface area contributed by atoms with E-state index in [2.05, 4.69) is 5.32 Å². The molecule has 0 aromatic heterocycles. The first-order valence-electron chi connectivity index (χ1n) is 11.5. The number of hydrogen-bond donors (Lipinski definition) is 1. The molecule has 1 atom stereocenters. The Balaban J connectivity index is 1.54. The number of benzene rings is 4. The highest BCUT2D eigenvalue weighted by atomic mass is 16.6. The van der Waals surface area contributed by atoms with E-state index in [-0.39, 0.29) is 22.5 Å². The number of ketones is 1. The van der Waals surface area contributed by atoms with Gasteiger partial charge in [0.15, 0.2) is 6.10 Å². The number of nitrogens with zero attached hydrogens (tertiary/aromatic N) is 1. The number of methoxy groups -OCH3 is 1. The second-order valence-electron chi connectivity index (χ2n) is 8.13. The molecule has 1 N–H and O–H groups in total. The summed E-state index contributed by atoms with van der Waals surface area (Å²) in [7, 11) is 1.52. The van der Waals surface area contributed by atoms with Crippen LogP contribution in [0, 0.1) is 10.1 Å². The van der Waals surface area contributed by atoms with E-state index >= 15 is 0 Å². The molecule has 1 amide bonds. The lowest BCUT2D eigenvalue weighted by atomic mass is 9.99. The van der Waals surface area contributed by atoms with Crippen molar-refractivity contribution in [2.45, 2.75) is 6.10 Å². The predicted molar refractivity (Wildman–Crippen MR) is 139 cm³/mol. The molecule has 0 saturated heterocycles. The lowest BCUT2D eigenvalue weighted by molar-refractivity contribution is -0.384. The van der Waals surface area contributed by atoms with Crippen molar-refractivity contribution in [1.29, 1.82) is 0 Å². The number of amides is 1. The highest BCUT2D eigenvalue weighted by Gasteiger charge is 2.27. The monoisotopic (exact) mass is 510 g/mol. The topological polar surface area (TPSA) is 125 Å². The number of Topliss-reactive ketones (excluding diaryl/α,β-unsaturated/α-hetero) is 1. The highest BCUT2D eigenvalue weighted by molar-refractivity contribution is 6.05. The van der Waals surface area contributed by atoms with E-state index in [0.717, 1.165) is 6.07 Å². The van der Waals surface area contributed by atoms with Gasteiger partial charge in [-0.05, 0) is 48.5 Å². The van der Waals surface area contributed by atoms with Gasteiger partial charge < -0.3 is 14.8 Å². The van der Waals surface area contributed by atoms with E-state index in [1.165, 1.54) is 37.4 Å². The van der Waals surface area contributed by atoms with E-state index in [9.17, 15) is 24.5 Å². The van der Waals surface area contributed by atoms with Crippen LogP contribution in [-0.4, -0.2) is 29.7 Å². The van der Waals surface area contributed by atoms with Crippen LogP contribution in [0.1, 0.15) is 42.7 Å². The Hall–Kier alpha value is -5.31. The standard InChI is InChI=1S/C29H22N2O7/c1-37-25-15-13-19(14-16-25)26(32)27(20-7-3-2-4-8-20)38-29(34)22-10-5-11-23(17-22)30-28(33)21-9-6-12-24(18-21)31(35)36/h2-18,27H,1H3,(H,30,33). The van der Waals surface area contributed by atoms with Gasteiger partial charge in [-0.1, -0.05) is 42.5 Å². The van der Waals surface area contributed by atoms with Crippen molar-refractivity contribution in [2.75, 3.05) is 12.4 Å². The number of anilines is 1. The molecule has 0 bridgehead atoms. The van der Waals surface area contributed by atoms with E-state index in [4.69, 9.17) is 9.47 Å². The van der Waals surface area contributed by atoms with Crippen molar-refractivity contribution >= 4 is 29.0 Å². The fraction of sp³-hybridized carbons (Fsp3) is 0.0690. The summed E-state index contributed by atoms with van der Waals surface area (Å²) in [6.07, 6.45) is -1.21. The van der Waals surface area contributed by atoms with E-state index < -0.39 is 28.7 Å². The third-order valence-corrected chi connectivity index (χ3v) is 5.62. The molecule has 9 heteroatoms. The van der Waals surface area contributed by atoms with Crippen molar-refractivity contribution in [2.24, 2.45) is 0 Å². The first-order valence-corrected chi connectivity index (χ1v) is 11.5. The Labute approximate surface area is 217 Å². The smallest absolute Gasteiger partial charge is 0.339 e. The molecule has 0 saturated carbocycles. The van der Waals surface area contributed by atoms with Crippen LogP contribution in [-0.2, 0) is 4.74 Å². The van der Waals surface area contributed by atoms with Gasteiger partial charge in [0.25, 0.3) is 11.6 Å².